The van der Waals surface area contributed by atoms with E-state index in [4.69, 9.17) is 16.3 Å². The molecular weight excluding hydrogens is 370 g/mol. The maximum atomic E-state index is 11.6. The number of rotatable bonds is 7. The highest BCUT2D eigenvalue weighted by molar-refractivity contribution is 7.79. The molecule has 6 heteroatoms. The topological polar surface area (TPSA) is 58.6 Å². The first-order valence-corrected chi connectivity index (χ1v) is 9.52. The summed E-state index contributed by atoms with van der Waals surface area (Å²) in [5, 5.41) is 3.93. The molecule has 0 spiro atoms. The van der Waals surface area contributed by atoms with E-state index in [1.807, 2.05) is 30.3 Å². The Balaban J connectivity index is 1.73. The Hall–Kier alpha value is -2.18. The van der Waals surface area contributed by atoms with Crippen LogP contribution in [0.4, 0.5) is 0 Å². The minimum absolute atomic E-state index is 0.369. The van der Waals surface area contributed by atoms with Gasteiger partial charge in [-0.3, -0.25) is 0 Å². The van der Waals surface area contributed by atoms with Gasteiger partial charge in [-0.2, -0.15) is 0 Å². The van der Waals surface area contributed by atoms with E-state index in [0.717, 1.165) is 5.56 Å². The third kappa shape index (κ3) is 5.16. The van der Waals surface area contributed by atoms with Crippen LogP contribution in [-0.4, -0.2) is 8.76 Å². The standard InChI is InChI=1S/C20H18ClNO3S/c21-17-6-8-18(9-7-17)25-19-10-11-20(26(23)24)16(12-19)14-22-13-15-4-2-1-3-5-15/h1-12,22H,13-14H2,(H,23,24). The predicted molar refractivity (Wildman–Crippen MR) is 104 cm³/mol. The SMILES string of the molecule is O=S(O)c1ccc(Oc2ccc(Cl)cc2)cc1CNCc1ccccc1. The lowest BCUT2D eigenvalue weighted by Gasteiger charge is -2.12. The predicted octanol–water partition coefficient (Wildman–Crippen LogP) is 5.00. The Kier molecular flexibility index (Phi) is 6.41. The van der Waals surface area contributed by atoms with Gasteiger partial charge in [0.05, 0.1) is 4.90 Å². The van der Waals surface area contributed by atoms with Crippen molar-refractivity contribution < 1.29 is 13.5 Å². The van der Waals surface area contributed by atoms with E-state index in [0.29, 0.717) is 40.1 Å². The molecule has 0 saturated carbocycles. The molecule has 134 valence electrons. The summed E-state index contributed by atoms with van der Waals surface area (Å²) in [7, 11) is 0. The maximum Gasteiger partial charge on any atom is 0.186 e. The molecular formula is C20H18ClNO3S. The average molecular weight is 388 g/mol. The van der Waals surface area contributed by atoms with Gasteiger partial charge in [0, 0.05) is 18.1 Å². The molecule has 0 heterocycles. The van der Waals surface area contributed by atoms with E-state index in [-0.39, 0.29) is 0 Å². The zero-order valence-electron chi connectivity index (χ0n) is 13.9. The molecule has 0 aliphatic rings. The van der Waals surface area contributed by atoms with Gasteiger partial charge in [0.1, 0.15) is 11.5 Å². The molecule has 1 unspecified atom stereocenters. The van der Waals surface area contributed by atoms with Crippen LogP contribution in [0.3, 0.4) is 0 Å². The van der Waals surface area contributed by atoms with E-state index in [1.54, 1.807) is 42.5 Å². The van der Waals surface area contributed by atoms with E-state index in [1.165, 1.54) is 0 Å². The van der Waals surface area contributed by atoms with Crippen LogP contribution in [0, 0.1) is 0 Å². The van der Waals surface area contributed by atoms with Crippen molar-refractivity contribution in [3.05, 3.63) is 88.9 Å². The van der Waals surface area contributed by atoms with Crippen molar-refractivity contribution in [1.82, 2.24) is 5.32 Å². The van der Waals surface area contributed by atoms with Gasteiger partial charge >= 0.3 is 0 Å². The molecule has 26 heavy (non-hydrogen) atoms. The van der Waals surface area contributed by atoms with Crippen LogP contribution in [0.2, 0.25) is 5.02 Å². The number of benzene rings is 3. The summed E-state index contributed by atoms with van der Waals surface area (Å²) >= 11 is 3.82. The Morgan fingerprint density at radius 3 is 2.31 bits per heavy atom. The third-order valence-corrected chi connectivity index (χ3v) is 4.78. The molecule has 0 aromatic heterocycles. The van der Waals surface area contributed by atoms with Crippen LogP contribution in [0.25, 0.3) is 0 Å². The Morgan fingerprint density at radius 1 is 0.923 bits per heavy atom. The molecule has 3 aromatic rings. The minimum Gasteiger partial charge on any atom is -0.457 e. The lowest BCUT2D eigenvalue weighted by Crippen LogP contribution is -2.14. The monoisotopic (exact) mass is 387 g/mol. The van der Waals surface area contributed by atoms with Gasteiger partial charge in [-0.25, -0.2) is 4.21 Å². The number of halogens is 1. The maximum absolute atomic E-state index is 11.6. The molecule has 0 radical (unpaired) electrons. The minimum atomic E-state index is -2.06. The van der Waals surface area contributed by atoms with Crippen LogP contribution in [0.1, 0.15) is 11.1 Å². The second kappa shape index (κ2) is 8.96. The number of hydrogen-bond acceptors (Lipinski definition) is 3. The van der Waals surface area contributed by atoms with Crippen LogP contribution in [0.15, 0.2) is 77.7 Å². The molecule has 0 aliphatic carbocycles. The van der Waals surface area contributed by atoms with Crippen molar-refractivity contribution in [3.8, 4) is 11.5 Å². The molecule has 0 fully saturated rings. The summed E-state index contributed by atoms with van der Waals surface area (Å²) in [6, 6.07) is 22.1. The zero-order chi connectivity index (χ0) is 18.4. The van der Waals surface area contributed by atoms with E-state index >= 15 is 0 Å². The van der Waals surface area contributed by atoms with Crippen LogP contribution in [-0.2, 0) is 24.2 Å². The lowest BCUT2D eigenvalue weighted by atomic mass is 10.2. The quantitative estimate of drug-likeness (QED) is 0.560. The largest absolute Gasteiger partial charge is 0.457 e. The molecule has 0 saturated heterocycles. The molecule has 0 aliphatic heterocycles. The van der Waals surface area contributed by atoms with Gasteiger partial charge in [0.15, 0.2) is 11.1 Å². The van der Waals surface area contributed by atoms with Gasteiger partial charge in [-0.1, -0.05) is 41.9 Å². The fraction of sp³-hybridized carbons (Fsp3) is 0.100. The van der Waals surface area contributed by atoms with Gasteiger partial charge in [-0.05, 0) is 53.6 Å². The Labute approximate surface area is 160 Å². The third-order valence-electron chi connectivity index (χ3n) is 3.76. The van der Waals surface area contributed by atoms with Gasteiger partial charge in [0.2, 0.25) is 0 Å². The van der Waals surface area contributed by atoms with E-state index in [2.05, 4.69) is 5.32 Å². The highest BCUT2D eigenvalue weighted by atomic mass is 35.5. The average Bonchev–Trinajstić information content (AvgIpc) is 2.64. The van der Waals surface area contributed by atoms with Gasteiger partial charge in [0.25, 0.3) is 0 Å². The smallest absolute Gasteiger partial charge is 0.186 e. The first-order chi connectivity index (χ1) is 12.6. The molecule has 3 rings (SSSR count). The molecule has 0 bridgehead atoms. The summed E-state index contributed by atoms with van der Waals surface area (Å²) in [5.74, 6) is 1.24. The Morgan fingerprint density at radius 2 is 1.62 bits per heavy atom. The van der Waals surface area contributed by atoms with E-state index in [9.17, 15) is 8.76 Å². The fourth-order valence-electron chi connectivity index (χ4n) is 2.50. The van der Waals surface area contributed by atoms with Crippen LogP contribution < -0.4 is 10.1 Å². The highest BCUT2D eigenvalue weighted by Gasteiger charge is 2.10. The van der Waals surface area contributed by atoms with Crippen LogP contribution >= 0.6 is 11.6 Å². The Bertz CT molecular complexity index is 885. The fourth-order valence-corrected chi connectivity index (χ4v) is 3.17. The summed E-state index contributed by atoms with van der Waals surface area (Å²) in [6.07, 6.45) is 0. The second-order valence-electron chi connectivity index (χ2n) is 5.66. The molecule has 1 atom stereocenters. The zero-order valence-corrected chi connectivity index (χ0v) is 15.5. The van der Waals surface area contributed by atoms with Crippen molar-refractivity contribution >= 4 is 22.7 Å². The lowest BCUT2D eigenvalue weighted by molar-refractivity contribution is 0.480. The van der Waals surface area contributed by atoms with Crippen molar-refractivity contribution in [2.45, 2.75) is 18.0 Å². The van der Waals surface area contributed by atoms with Gasteiger partial charge in [-0.15, -0.1) is 0 Å². The van der Waals surface area contributed by atoms with Crippen molar-refractivity contribution in [3.63, 3.8) is 0 Å². The number of ether oxygens (including phenoxy) is 1. The number of nitrogens with one attached hydrogen (secondary N) is 1. The van der Waals surface area contributed by atoms with Crippen LogP contribution in [0.5, 0.6) is 11.5 Å². The summed E-state index contributed by atoms with van der Waals surface area (Å²) < 4.78 is 26.9. The molecule has 3 aromatic carbocycles. The summed E-state index contributed by atoms with van der Waals surface area (Å²) in [4.78, 5) is 0.369. The van der Waals surface area contributed by atoms with Gasteiger partial charge < -0.3 is 14.6 Å². The molecule has 4 nitrogen and oxygen atoms in total. The molecule has 2 N–H and O–H groups in total. The van der Waals surface area contributed by atoms with Crippen molar-refractivity contribution in [2.24, 2.45) is 0 Å². The first kappa shape index (κ1) is 18.6. The first-order valence-electron chi connectivity index (χ1n) is 8.03. The summed E-state index contributed by atoms with van der Waals surface area (Å²) in [6.45, 7) is 1.12. The van der Waals surface area contributed by atoms with Crippen molar-refractivity contribution in [2.75, 3.05) is 0 Å². The van der Waals surface area contributed by atoms with Crippen molar-refractivity contribution in [1.29, 1.82) is 0 Å². The number of hydrogen-bond donors (Lipinski definition) is 2. The normalized spacial score (nSPS) is 11.9. The van der Waals surface area contributed by atoms with E-state index < -0.39 is 11.1 Å². The summed E-state index contributed by atoms with van der Waals surface area (Å²) in [5.41, 5.74) is 1.86. The molecule has 0 amide bonds. The second-order valence-corrected chi connectivity index (χ2v) is 7.04. The highest BCUT2D eigenvalue weighted by Crippen LogP contribution is 2.26.